The van der Waals surface area contributed by atoms with Crippen molar-refractivity contribution in [1.29, 1.82) is 0 Å². The summed E-state index contributed by atoms with van der Waals surface area (Å²) in [6.07, 6.45) is 0.812. The van der Waals surface area contributed by atoms with Crippen LogP contribution in [0.5, 0.6) is 0 Å². The van der Waals surface area contributed by atoms with E-state index >= 15 is 0 Å². The van der Waals surface area contributed by atoms with Crippen molar-refractivity contribution in [3.63, 3.8) is 0 Å². The van der Waals surface area contributed by atoms with Gasteiger partial charge in [0.05, 0.1) is 5.69 Å². The zero-order chi connectivity index (χ0) is 17.4. The van der Waals surface area contributed by atoms with Crippen LogP contribution < -0.4 is 21.1 Å². The molecule has 8 nitrogen and oxygen atoms in total. The molecule has 0 saturated carbocycles. The second kappa shape index (κ2) is 6.10. The Morgan fingerprint density at radius 3 is 2.33 bits per heavy atom. The van der Waals surface area contributed by atoms with Gasteiger partial charge in [0, 0.05) is 51.0 Å². The quantitative estimate of drug-likeness (QED) is 0.588. The van der Waals surface area contributed by atoms with E-state index in [1.165, 1.54) is 0 Å². The van der Waals surface area contributed by atoms with Crippen LogP contribution in [0.4, 0.5) is 11.4 Å². The number of amides is 1. The minimum atomic E-state index is -0.470. The number of hydrogen-bond acceptors (Lipinski definition) is 6. The Morgan fingerprint density at radius 2 is 1.79 bits per heavy atom. The Balaban J connectivity index is 1.76. The maximum atomic E-state index is 12.0. The number of aryl methyl sites for hydroxylation is 2. The number of nitrogens with zero attached hydrogens (tertiary/aromatic N) is 4. The molecule has 0 bridgehead atoms. The van der Waals surface area contributed by atoms with Crippen molar-refractivity contribution in [3.8, 4) is 0 Å². The molecule has 2 heterocycles. The molecule has 1 aliphatic rings. The molecule has 1 aliphatic heterocycles. The summed E-state index contributed by atoms with van der Waals surface area (Å²) in [5, 5.41) is 7.47. The third-order valence-corrected chi connectivity index (χ3v) is 4.77. The molecule has 1 saturated heterocycles. The Labute approximate surface area is 139 Å². The molecular weight excluding hydrogens is 310 g/mol. The van der Waals surface area contributed by atoms with Gasteiger partial charge in [0.25, 0.3) is 10.9 Å². The molecule has 128 valence electrons. The van der Waals surface area contributed by atoms with Crippen molar-refractivity contribution in [2.45, 2.75) is 20.4 Å². The van der Waals surface area contributed by atoms with E-state index in [1.807, 2.05) is 25.8 Å². The summed E-state index contributed by atoms with van der Waals surface area (Å²) in [4.78, 5) is 38.3. The second-order valence-corrected chi connectivity index (χ2v) is 6.14. The van der Waals surface area contributed by atoms with Crippen LogP contribution in [0, 0.1) is 13.8 Å². The van der Waals surface area contributed by atoms with Crippen LogP contribution >= 0.6 is 0 Å². The number of aromatic nitrogens is 2. The molecule has 1 N–H and O–H groups in total. The van der Waals surface area contributed by atoms with Gasteiger partial charge in [-0.1, -0.05) is 0 Å². The molecule has 1 aromatic heterocycles. The van der Waals surface area contributed by atoms with E-state index in [-0.39, 0.29) is 0 Å². The fourth-order valence-electron chi connectivity index (χ4n) is 3.15. The highest BCUT2D eigenvalue weighted by Gasteiger charge is 2.28. The van der Waals surface area contributed by atoms with E-state index in [2.05, 4.69) is 10.4 Å². The Morgan fingerprint density at radius 1 is 1.12 bits per heavy atom. The maximum absolute atomic E-state index is 12.0. The van der Waals surface area contributed by atoms with E-state index in [0.717, 1.165) is 23.4 Å². The fraction of sp³-hybridized carbons (Fsp3) is 0.500. The van der Waals surface area contributed by atoms with Gasteiger partial charge in [-0.05, 0) is 13.8 Å². The van der Waals surface area contributed by atoms with E-state index in [1.54, 1.807) is 9.58 Å². The summed E-state index contributed by atoms with van der Waals surface area (Å²) in [5.41, 5.74) is 2.87. The summed E-state index contributed by atoms with van der Waals surface area (Å²) < 4.78 is 1.80. The minimum absolute atomic E-state index is 0.377. The number of hydrogen-bond donors (Lipinski definition) is 1. The molecule has 0 unspecified atom stereocenters. The molecule has 0 aliphatic carbocycles. The van der Waals surface area contributed by atoms with Gasteiger partial charge in [-0.15, -0.1) is 0 Å². The first kappa shape index (κ1) is 16.2. The van der Waals surface area contributed by atoms with Crippen molar-refractivity contribution < 1.29 is 4.79 Å². The SMILES string of the molecule is Cc1nn(C)c(C)c1CNc1c(N2CCN(C=O)CC2)c(=O)c1=O. The third kappa shape index (κ3) is 2.57. The van der Waals surface area contributed by atoms with Crippen molar-refractivity contribution >= 4 is 17.8 Å². The van der Waals surface area contributed by atoms with Crippen molar-refractivity contribution in [1.82, 2.24) is 14.7 Å². The molecule has 24 heavy (non-hydrogen) atoms. The number of carbonyl (C=O) groups is 1. The van der Waals surface area contributed by atoms with Gasteiger partial charge in [-0.2, -0.15) is 5.10 Å². The summed E-state index contributed by atoms with van der Waals surface area (Å²) in [6.45, 7) is 6.58. The second-order valence-electron chi connectivity index (χ2n) is 6.14. The van der Waals surface area contributed by atoms with Crippen LogP contribution in [-0.4, -0.2) is 47.3 Å². The third-order valence-electron chi connectivity index (χ3n) is 4.77. The van der Waals surface area contributed by atoms with Crippen LogP contribution in [0.15, 0.2) is 9.59 Å². The molecule has 1 fully saturated rings. The van der Waals surface area contributed by atoms with Gasteiger partial charge in [0.1, 0.15) is 11.4 Å². The maximum Gasteiger partial charge on any atom is 0.253 e. The Bertz CT molecular complexity index is 839. The van der Waals surface area contributed by atoms with Crippen LogP contribution in [0.2, 0.25) is 0 Å². The fourth-order valence-corrected chi connectivity index (χ4v) is 3.15. The molecule has 3 rings (SSSR count). The molecule has 1 aromatic carbocycles. The first-order valence-corrected chi connectivity index (χ1v) is 7.94. The van der Waals surface area contributed by atoms with Crippen molar-refractivity contribution in [2.24, 2.45) is 7.05 Å². The van der Waals surface area contributed by atoms with Gasteiger partial charge in [0.2, 0.25) is 6.41 Å². The highest BCUT2D eigenvalue weighted by molar-refractivity contribution is 5.75. The normalized spacial score (nSPS) is 15.1. The summed E-state index contributed by atoms with van der Waals surface area (Å²) in [6, 6.07) is 0. The number of carbonyl (C=O) groups excluding carboxylic acids is 1. The standard InChI is InChI=1S/C16H21N5O3/c1-10-12(11(2)19(3)18-10)8-17-13-14(16(24)15(13)23)21-6-4-20(9-22)5-7-21/h9,17H,4-8H2,1-3H3. The average Bonchev–Trinajstić information content (AvgIpc) is 2.83. The molecule has 0 atom stereocenters. The van der Waals surface area contributed by atoms with Crippen LogP contribution in [0.3, 0.4) is 0 Å². The Kier molecular flexibility index (Phi) is 4.13. The van der Waals surface area contributed by atoms with Gasteiger partial charge < -0.3 is 15.1 Å². The summed E-state index contributed by atoms with van der Waals surface area (Å²) in [5.74, 6) is 0. The predicted molar refractivity (Wildman–Crippen MR) is 91.2 cm³/mol. The number of nitrogens with one attached hydrogen (secondary N) is 1. The van der Waals surface area contributed by atoms with Crippen LogP contribution in [-0.2, 0) is 18.4 Å². The number of rotatable bonds is 5. The average molecular weight is 331 g/mol. The van der Waals surface area contributed by atoms with Gasteiger partial charge in [0.15, 0.2) is 0 Å². The van der Waals surface area contributed by atoms with E-state index in [0.29, 0.717) is 44.1 Å². The van der Waals surface area contributed by atoms with E-state index < -0.39 is 10.9 Å². The molecule has 2 aromatic rings. The molecule has 1 amide bonds. The summed E-state index contributed by atoms with van der Waals surface area (Å²) in [7, 11) is 1.88. The smallest absolute Gasteiger partial charge is 0.253 e. The Hall–Kier alpha value is -2.64. The minimum Gasteiger partial charge on any atom is -0.376 e. The molecular formula is C16H21N5O3. The molecule has 8 heteroatoms. The van der Waals surface area contributed by atoms with Crippen molar-refractivity contribution in [3.05, 3.63) is 37.4 Å². The highest BCUT2D eigenvalue weighted by atomic mass is 16.2. The van der Waals surface area contributed by atoms with E-state index in [9.17, 15) is 14.4 Å². The van der Waals surface area contributed by atoms with Gasteiger partial charge in [-0.3, -0.25) is 19.1 Å². The largest absolute Gasteiger partial charge is 0.376 e. The molecule has 0 spiro atoms. The zero-order valence-electron chi connectivity index (χ0n) is 14.1. The lowest BCUT2D eigenvalue weighted by Gasteiger charge is -2.35. The number of piperazine rings is 1. The van der Waals surface area contributed by atoms with Crippen molar-refractivity contribution in [2.75, 3.05) is 36.4 Å². The monoisotopic (exact) mass is 331 g/mol. The first-order valence-electron chi connectivity index (χ1n) is 7.94. The lowest BCUT2D eigenvalue weighted by Crippen LogP contribution is -2.51. The van der Waals surface area contributed by atoms with Crippen LogP contribution in [0.25, 0.3) is 0 Å². The van der Waals surface area contributed by atoms with Gasteiger partial charge >= 0.3 is 0 Å². The zero-order valence-corrected chi connectivity index (χ0v) is 14.1. The van der Waals surface area contributed by atoms with Gasteiger partial charge in [-0.25, -0.2) is 0 Å². The lowest BCUT2D eigenvalue weighted by molar-refractivity contribution is -0.118. The van der Waals surface area contributed by atoms with Crippen LogP contribution in [0.1, 0.15) is 17.0 Å². The number of anilines is 2. The van der Waals surface area contributed by atoms with E-state index in [4.69, 9.17) is 0 Å². The lowest BCUT2D eigenvalue weighted by atomic mass is 10.1. The predicted octanol–water partition coefficient (Wildman–Crippen LogP) is -0.477. The topological polar surface area (TPSA) is 87.5 Å². The first-order chi connectivity index (χ1) is 11.4. The highest BCUT2D eigenvalue weighted by Crippen LogP contribution is 2.23. The summed E-state index contributed by atoms with van der Waals surface area (Å²) >= 11 is 0. The molecule has 0 radical (unpaired) electrons.